The van der Waals surface area contributed by atoms with Gasteiger partial charge in [-0.1, -0.05) is 122 Å². The van der Waals surface area contributed by atoms with E-state index in [1.165, 1.54) is 76.7 Å². The van der Waals surface area contributed by atoms with Crippen LogP contribution in [0.2, 0.25) is 0 Å². The number of aromatic nitrogens is 2. The maximum Gasteiger partial charge on any atom is 0.306 e. The number of nitro benzene ring substituents is 1. The maximum atomic E-state index is 12.7. The second kappa shape index (κ2) is 30.9. The van der Waals surface area contributed by atoms with Crippen LogP contribution in [0.1, 0.15) is 155 Å². The molecule has 58 heavy (non-hydrogen) atoms. The number of esters is 1. The minimum absolute atomic E-state index is 0.0109. The molecule has 0 saturated carbocycles. The Kier molecular flexibility index (Phi) is 27.2. The van der Waals surface area contributed by atoms with Crippen molar-refractivity contribution in [2.45, 2.75) is 161 Å². The molecule has 2 atom stereocenters. The summed E-state index contributed by atoms with van der Waals surface area (Å²) in [6.45, 7) is 3.05. The first-order valence-corrected chi connectivity index (χ1v) is 23.4. The highest BCUT2D eigenvalue weighted by Crippen LogP contribution is 2.38. The van der Waals surface area contributed by atoms with Crippen molar-refractivity contribution in [1.29, 1.82) is 0 Å². The quantitative estimate of drug-likeness (QED) is 0.0128. The van der Waals surface area contributed by atoms with Crippen LogP contribution in [0.15, 0.2) is 29.1 Å². The molecule has 0 aliphatic carbocycles. The number of anilines is 1. The third-order valence-corrected chi connectivity index (χ3v) is 10.9. The van der Waals surface area contributed by atoms with E-state index in [-0.39, 0.29) is 37.4 Å². The number of non-ortho nitro benzene ring substituents is 1. The molecular weight excluding hydrogens is 765 g/mol. The van der Waals surface area contributed by atoms with Crippen LogP contribution in [0, 0.1) is 10.1 Å². The highest BCUT2D eigenvalue weighted by molar-refractivity contribution is 7.45. The summed E-state index contributed by atoms with van der Waals surface area (Å²) < 4.78 is 39.0. The molecular formula is C42H74N5O10P. The van der Waals surface area contributed by atoms with Crippen LogP contribution in [0.3, 0.4) is 0 Å². The molecule has 0 amide bonds. The Morgan fingerprint density at radius 1 is 0.828 bits per heavy atom. The predicted octanol–water partition coefficient (Wildman–Crippen LogP) is 10.2. The van der Waals surface area contributed by atoms with Crippen LogP contribution in [0.4, 0.5) is 11.4 Å². The molecule has 2 rings (SSSR count). The van der Waals surface area contributed by atoms with Crippen molar-refractivity contribution in [2.75, 3.05) is 59.4 Å². The number of fused-ring (bicyclic) bond motifs is 1. The summed E-state index contributed by atoms with van der Waals surface area (Å²) in [5.41, 5.74) is 1.03. The Bertz CT molecular complexity index is 1470. The van der Waals surface area contributed by atoms with Gasteiger partial charge in [-0.3, -0.25) is 19.5 Å². The van der Waals surface area contributed by atoms with E-state index in [9.17, 15) is 24.4 Å². The average molecular weight is 840 g/mol. The topological polar surface area (TPSA) is 188 Å². The van der Waals surface area contributed by atoms with Gasteiger partial charge in [0.1, 0.15) is 19.8 Å². The summed E-state index contributed by atoms with van der Waals surface area (Å²) in [6.07, 6.45) is 28.4. The molecule has 0 radical (unpaired) electrons. The smallest absolute Gasteiger partial charge is 0.306 e. The molecule has 0 bridgehead atoms. The van der Waals surface area contributed by atoms with Gasteiger partial charge < -0.3 is 33.2 Å². The monoisotopic (exact) mass is 840 g/mol. The van der Waals surface area contributed by atoms with Gasteiger partial charge in [-0.15, -0.1) is 0 Å². The van der Waals surface area contributed by atoms with Crippen molar-refractivity contribution >= 4 is 36.2 Å². The summed E-state index contributed by atoms with van der Waals surface area (Å²) in [5, 5.41) is 21.9. The van der Waals surface area contributed by atoms with Gasteiger partial charge in [0, 0.05) is 19.0 Å². The van der Waals surface area contributed by atoms with E-state index >= 15 is 0 Å². The lowest BCUT2D eigenvalue weighted by molar-refractivity contribution is -0.870. The van der Waals surface area contributed by atoms with Gasteiger partial charge >= 0.3 is 11.7 Å². The van der Waals surface area contributed by atoms with Crippen LogP contribution >= 0.6 is 7.82 Å². The van der Waals surface area contributed by atoms with Crippen molar-refractivity contribution in [1.82, 2.24) is 10.3 Å². The normalized spacial score (nSPS) is 13.5. The van der Waals surface area contributed by atoms with Gasteiger partial charge in [0.2, 0.25) is 5.52 Å². The molecule has 1 N–H and O–H groups in total. The van der Waals surface area contributed by atoms with Crippen molar-refractivity contribution in [2.24, 2.45) is 0 Å². The van der Waals surface area contributed by atoms with E-state index in [0.717, 1.165) is 64.2 Å². The highest BCUT2D eigenvalue weighted by atomic mass is 31.2. The van der Waals surface area contributed by atoms with E-state index in [1.807, 2.05) is 27.2 Å². The Hall–Kier alpha value is -3.10. The van der Waals surface area contributed by atoms with Gasteiger partial charge in [0.25, 0.3) is 7.82 Å². The zero-order chi connectivity index (χ0) is 42.3. The number of carbonyl (C=O) groups is 1. The van der Waals surface area contributed by atoms with Crippen LogP contribution < -0.4 is 10.2 Å². The molecule has 2 aromatic rings. The molecule has 0 saturated heterocycles. The summed E-state index contributed by atoms with van der Waals surface area (Å²) in [5.74, 6) is -0.410. The van der Waals surface area contributed by atoms with Crippen LogP contribution in [0.25, 0.3) is 11.0 Å². The molecule has 1 aromatic carbocycles. The van der Waals surface area contributed by atoms with Gasteiger partial charge in [0.05, 0.1) is 44.6 Å². The van der Waals surface area contributed by atoms with Crippen molar-refractivity contribution in [3.63, 3.8) is 0 Å². The molecule has 2 unspecified atom stereocenters. The van der Waals surface area contributed by atoms with Crippen LogP contribution in [0.5, 0.6) is 0 Å². The van der Waals surface area contributed by atoms with E-state index in [2.05, 4.69) is 22.6 Å². The molecule has 0 aliphatic rings. The Morgan fingerprint density at radius 3 is 2.00 bits per heavy atom. The molecule has 15 nitrogen and oxygen atoms in total. The summed E-state index contributed by atoms with van der Waals surface area (Å²) >= 11 is 0. The number of allylic oxidation sites excluding steroid dienone is 1. The van der Waals surface area contributed by atoms with E-state index < -0.39 is 24.8 Å². The first-order valence-electron chi connectivity index (χ1n) is 21.9. The van der Waals surface area contributed by atoms with Crippen molar-refractivity contribution < 1.29 is 46.8 Å². The zero-order valence-electron chi connectivity index (χ0n) is 36.0. The highest BCUT2D eigenvalue weighted by Gasteiger charge is 2.21. The average Bonchev–Trinajstić information content (AvgIpc) is 3.67. The molecule has 332 valence electrons. The number of quaternary nitrogens is 1. The lowest BCUT2D eigenvalue weighted by Gasteiger charge is -2.28. The molecule has 0 aliphatic heterocycles. The number of unbranched alkanes of at least 4 members (excludes halogenated alkanes) is 20. The summed E-state index contributed by atoms with van der Waals surface area (Å²) in [6, 6.07) is 3.03. The second-order valence-electron chi connectivity index (χ2n) is 16.3. The third kappa shape index (κ3) is 25.4. The fraction of sp³-hybridized carbons (Fsp3) is 0.786. The second-order valence-corrected chi connectivity index (χ2v) is 17.7. The third-order valence-electron chi connectivity index (χ3n) is 9.89. The zero-order valence-corrected chi connectivity index (χ0v) is 36.9. The minimum Gasteiger partial charge on any atom is -0.756 e. The lowest BCUT2D eigenvalue weighted by Crippen LogP contribution is -2.37. The lowest BCUT2D eigenvalue weighted by atomic mass is 10.0. The molecule has 0 fully saturated rings. The SMILES string of the molecule is CCCCCCCCCCCCCC/C=C\OCC(COP(=O)([O-])OCC[N+](C)(C)C)OC(=O)CCCCCCCCCCCNc1ccc([N+](=O)[O-])c2nonc12. The van der Waals surface area contributed by atoms with Crippen LogP contribution in [-0.2, 0) is 27.9 Å². The van der Waals surface area contributed by atoms with Crippen molar-refractivity contribution in [3.05, 3.63) is 34.6 Å². The first kappa shape index (κ1) is 51.0. The maximum absolute atomic E-state index is 12.7. The fourth-order valence-corrected chi connectivity index (χ4v) is 7.13. The standard InChI is InChI=1S/C42H74N5O10P/c1-5-6-7-8-9-10-11-12-13-14-18-21-24-27-33-53-35-37(36-55-58(51,52)54-34-32-47(2,3)4)56-40(48)28-25-22-19-16-15-17-20-23-26-31-43-38-29-30-39(46(49)50)42-41(38)44-57-45-42/h27,29-30,33,37H,5-26,28,31-32,34-36H2,1-4H3,(H-,43,45,51,52)/b33-27-. The minimum atomic E-state index is -4.58. The molecule has 1 aromatic heterocycles. The Balaban J connectivity index is 1.58. The Morgan fingerprint density at radius 2 is 1.40 bits per heavy atom. The molecule has 16 heteroatoms. The number of ether oxygens (including phenoxy) is 2. The van der Waals surface area contributed by atoms with Crippen LogP contribution in [-0.4, -0.2) is 85.8 Å². The largest absolute Gasteiger partial charge is 0.756 e. The number of rotatable bonds is 38. The number of likely N-dealkylation sites (N-methyl/N-ethyl adjacent to an activating group) is 1. The first-order chi connectivity index (χ1) is 27.9. The van der Waals surface area contributed by atoms with E-state index in [0.29, 0.717) is 35.2 Å². The van der Waals surface area contributed by atoms with Gasteiger partial charge in [0.15, 0.2) is 11.6 Å². The summed E-state index contributed by atoms with van der Waals surface area (Å²) in [4.78, 5) is 35.7. The van der Waals surface area contributed by atoms with Crippen molar-refractivity contribution in [3.8, 4) is 0 Å². The number of nitro groups is 1. The summed E-state index contributed by atoms with van der Waals surface area (Å²) in [7, 11) is 1.23. The van der Waals surface area contributed by atoms with Gasteiger partial charge in [-0.05, 0) is 48.1 Å². The number of benzene rings is 1. The van der Waals surface area contributed by atoms with E-state index in [4.69, 9.17) is 23.2 Å². The number of phosphoric acid groups is 1. The number of phosphoric ester groups is 1. The van der Waals surface area contributed by atoms with Gasteiger partial charge in [-0.2, -0.15) is 0 Å². The number of carbonyl (C=O) groups excluding carboxylic acids is 1. The van der Waals surface area contributed by atoms with E-state index in [1.54, 1.807) is 12.3 Å². The number of nitrogens with zero attached hydrogens (tertiary/aromatic N) is 4. The Labute approximate surface area is 347 Å². The fourth-order valence-electron chi connectivity index (χ4n) is 6.40. The predicted molar refractivity (Wildman–Crippen MR) is 226 cm³/mol. The van der Waals surface area contributed by atoms with Gasteiger partial charge in [-0.25, -0.2) is 4.63 Å². The number of hydrogen-bond acceptors (Lipinski definition) is 13. The number of hydrogen-bond donors (Lipinski definition) is 1. The number of nitrogens with one attached hydrogen (secondary N) is 1. The molecule has 0 spiro atoms. The molecule has 1 heterocycles.